The molecule has 0 aliphatic carbocycles. The summed E-state index contributed by atoms with van der Waals surface area (Å²) in [6.45, 7) is 1.84. The number of furan rings is 1. The molecule has 0 saturated carbocycles. The molecule has 0 atom stereocenters. The number of hydrogen-bond donors (Lipinski definition) is 1. The Labute approximate surface area is 135 Å². The molecule has 1 aliphatic rings. The Bertz CT molecular complexity index is 883. The SMILES string of the molecule is Cc1ccc([N+](=O)[O-])cc1-c1ccc(C=C2SC(N)=NC2=O)o1. The standard InChI is InChI=1S/C15H11N3O4S/c1-8-2-3-9(18(20)21)6-11(8)12-5-4-10(22-12)7-13-14(19)17-15(16)23-13/h2-7H,1H3,(H2,16,17,19). The van der Waals surface area contributed by atoms with Crippen molar-refractivity contribution in [2.75, 3.05) is 0 Å². The molecular weight excluding hydrogens is 318 g/mol. The number of amides is 1. The van der Waals surface area contributed by atoms with Crippen molar-refractivity contribution >= 4 is 34.6 Å². The van der Waals surface area contributed by atoms with Crippen molar-refractivity contribution in [1.82, 2.24) is 0 Å². The molecule has 1 aliphatic heterocycles. The number of aryl methyl sites for hydroxylation is 1. The molecule has 0 spiro atoms. The van der Waals surface area contributed by atoms with Crippen LogP contribution in [-0.2, 0) is 4.79 Å². The molecule has 0 fully saturated rings. The maximum Gasteiger partial charge on any atom is 0.286 e. The topological polar surface area (TPSA) is 112 Å². The Morgan fingerprint density at radius 3 is 2.78 bits per heavy atom. The third-order valence-corrected chi connectivity index (χ3v) is 4.05. The number of nitrogens with two attached hydrogens (primary N) is 1. The molecule has 23 heavy (non-hydrogen) atoms. The lowest BCUT2D eigenvalue weighted by Gasteiger charge is -2.02. The number of nitrogens with zero attached hydrogens (tertiary/aromatic N) is 2. The quantitative estimate of drug-likeness (QED) is 0.526. The molecule has 0 unspecified atom stereocenters. The number of non-ortho nitro benzene ring substituents is 1. The minimum atomic E-state index is -0.456. The first-order valence-corrected chi connectivity index (χ1v) is 7.39. The van der Waals surface area contributed by atoms with Gasteiger partial charge in [-0.15, -0.1) is 0 Å². The van der Waals surface area contributed by atoms with Gasteiger partial charge in [-0.25, -0.2) is 0 Å². The summed E-state index contributed by atoms with van der Waals surface area (Å²) in [6.07, 6.45) is 1.55. The summed E-state index contributed by atoms with van der Waals surface area (Å²) < 4.78 is 5.67. The van der Waals surface area contributed by atoms with Crippen LogP contribution in [0.3, 0.4) is 0 Å². The minimum absolute atomic E-state index is 0.00963. The van der Waals surface area contributed by atoms with Gasteiger partial charge in [-0.1, -0.05) is 6.07 Å². The van der Waals surface area contributed by atoms with Crippen molar-refractivity contribution < 1.29 is 14.1 Å². The van der Waals surface area contributed by atoms with Crippen LogP contribution < -0.4 is 5.73 Å². The zero-order valence-corrected chi connectivity index (χ0v) is 12.8. The number of carbonyl (C=O) groups is 1. The van der Waals surface area contributed by atoms with E-state index in [4.69, 9.17) is 10.2 Å². The number of hydrogen-bond acceptors (Lipinski definition) is 6. The summed E-state index contributed by atoms with van der Waals surface area (Å²) in [5.74, 6) is 0.533. The second kappa shape index (κ2) is 5.73. The van der Waals surface area contributed by atoms with Crippen LogP contribution in [0.5, 0.6) is 0 Å². The molecule has 116 valence electrons. The number of amidine groups is 1. The molecule has 1 aromatic heterocycles. The van der Waals surface area contributed by atoms with Gasteiger partial charge < -0.3 is 10.2 Å². The molecular formula is C15H11N3O4S. The Kier molecular flexibility index (Phi) is 3.75. The van der Waals surface area contributed by atoms with E-state index in [0.717, 1.165) is 17.3 Å². The van der Waals surface area contributed by atoms with Crippen LogP contribution in [0.15, 0.2) is 44.6 Å². The predicted molar refractivity (Wildman–Crippen MR) is 87.7 cm³/mol. The fraction of sp³-hybridized carbons (Fsp3) is 0.0667. The van der Waals surface area contributed by atoms with E-state index in [2.05, 4.69) is 4.99 Å². The van der Waals surface area contributed by atoms with Crippen LogP contribution >= 0.6 is 11.8 Å². The molecule has 0 bridgehead atoms. The number of thioether (sulfide) groups is 1. The molecule has 1 aromatic carbocycles. The van der Waals surface area contributed by atoms with Crippen molar-refractivity contribution in [3.8, 4) is 11.3 Å². The van der Waals surface area contributed by atoms with Crippen molar-refractivity contribution in [1.29, 1.82) is 0 Å². The van der Waals surface area contributed by atoms with E-state index in [9.17, 15) is 14.9 Å². The van der Waals surface area contributed by atoms with E-state index in [1.54, 1.807) is 24.3 Å². The van der Waals surface area contributed by atoms with Crippen LogP contribution in [0.4, 0.5) is 5.69 Å². The zero-order chi connectivity index (χ0) is 16.6. The van der Waals surface area contributed by atoms with E-state index in [1.807, 2.05) is 6.92 Å². The molecule has 8 heteroatoms. The number of carbonyl (C=O) groups excluding carboxylic acids is 1. The van der Waals surface area contributed by atoms with Gasteiger partial charge in [0.25, 0.3) is 11.6 Å². The highest BCUT2D eigenvalue weighted by molar-refractivity contribution is 8.18. The van der Waals surface area contributed by atoms with Crippen molar-refractivity contribution in [3.05, 3.63) is 56.7 Å². The molecule has 2 aromatic rings. The van der Waals surface area contributed by atoms with E-state index < -0.39 is 10.8 Å². The first kappa shape index (κ1) is 15.0. The number of benzene rings is 1. The van der Waals surface area contributed by atoms with Crippen LogP contribution in [0.25, 0.3) is 17.4 Å². The smallest absolute Gasteiger partial charge is 0.286 e. The summed E-state index contributed by atoms with van der Waals surface area (Å²) in [4.78, 5) is 26.0. The molecule has 0 saturated heterocycles. The Morgan fingerprint density at radius 2 is 2.13 bits per heavy atom. The van der Waals surface area contributed by atoms with Crippen LogP contribution in [0.2, 0.25) is 0 Å². The highest BCUT2D eigenvalue weighted by Crippen LogP contribution is 2.31. The lowest BCUT2D eigenvalue weighted by Crippen LogP contribution is -2.01. The fourth-order valence-electron chi connectivity index (χ4n) is 2.12. The number of nitro groups is 1. The lowest BCUT2D eigenvalue weighted by atomic mass is 10.1. The number of aliphatic imine (C=N–C) groups is 1. The van der Waals surface area contributed by atoms with Gasteiger partial charge in [0.15, 0.2) is 5.17 Å². The Balaban J connectivity index is 1.94. The van der Waals surface area contributed by atoms with E-state index in [0.29, 0.717) is 22.0 Å². The normalized spacial score (nSPS) is 16.0. The lowest BCUT2D eigenvalue weighted by molar-refractivity contribution is -0.384. The zero-order valence-electron chi connectivity index (χ0n) is 12.0. The molecule has 2 heterocycles. The van der Waals surface area contributed by atoms with Gasteiger partial charge in [-0.3, -0.25) is 14.9 Å². The maximum atomic E-state index is 11.6. The Hall–Kier alpha value is -2.87. The molecule has 2 N–H and O–H groups in total. The average molecular weight is 329 g/mol. The van der Waals surface area contributed by atoms with Gasteiger partial charge in [-0.2, -0.15) is 4.99 Å². The van der Waals surface area contributed by atoms with Crippen molar-refractivity contribution in [2.24, 2.45) is 10.7 Å². The third-order valence-electron chi connectivity index (χ3n) is 3.23. The predicted octanol–water partition coefficient (Wildman–Crippen LogP) is 3.09. The van der Waals surface area contributed by atoms with Crippen molar-refractivity contribution in [3.63, 3.8) is 0 Å². The second-order valence-corrected chi connectivity index (χ2v) is 5.89. The molecule has 1 amide bonds. The number of rotatable bonds is 3. The molecule has 7 nitrogen and oxygen atoms in total. The summed E-state index contributed by atoms with van der Waals surface area (Å²) in [5, 5.41) is 11.1. The summed E-state index contributed by atoms with van der Waals surface area (Å²) in [6, 6.07) is 7.95. The van der Waals surface area contributed by atoms with Gasteiger partial charge >= 0.3 is 0 Å². The van der Waals surface area contributed by atoms with Gasteiger partial charge in [0.2, 0.25) is 0 Å². The molecule has 0 radical (unpaired) electrons. The van der Waals surface area contributed by atoms with Crippen LogP contribution in [0, 0.1) is 17.0 Å². The van der Waals surface area contributed by atoms with Gasteiger partial charge in [0.05, 0.1) is 9.83 Å². The average Bonchev–Trinajstić information content (AvgIpc) is 3.06. The third kappa shape index (κ3) is 3.02. The van der Waals surface area contributed by atoms with E-state index in [-0.39, 0.29) is 10.9 Å². The highest BCUT2D eigenvalue weighted by atomic mass is 32.2. The maximum absolute atomic E-state index is 11.6. The highest BCUT2D eigenvalue weighted by Gasteiger charge is 2.20. The summed E-state index contributed by atoms with van der Waals surface area (Å²) >= 11 is 1.07. The summed E-state index contributed by atoms with van der Waals surface area (Å²) in [5.41, 5.74) is 6.96. The minimum Gasteiger partial charge on any atom is -0.457 e. The first-order valence-electron chi connectivity index (χ1n) is 6.57. The van der Waals surface area contributed by atoms with Gasteiger partial charge in [0.1, 0.15) is 11.5 Å². The van der Waals surface area contributed by atoms with E-state index in [1.165, 1.54) is 12.1 Å². The largest absolute Gasteiger partial charge is 0.457 e. The monoisotopic (exact) mass is 329 g/mol. The van der Waals surface area contributed by atoms with Crippen LogP contribution in [-0.4, -0.2) is 16.0 Å². The molecule has 3 rings (SSSR count). The Morgan fingerprint density at radius 1 is 1.35 bits per heavy atom. The first-order chi connectivity index (χ1) is 10.9. The summed E-state index contributed by atoms with van der Waals surface area (Å²) in [7, 11) is 0. The van der Waals surface area contributed by atoms with E-state index >= 15 is 0 Å². The van der Waals surface area contributed by atoms with Gasteiger partial charge in [0, 0.05) is 23.8 Å². The second-order valence-electron chi connectivity index (χ2n) is 4.82. The fourth-order valence-corrected chi connectivity index (χ4v) is 2.78. The van der Waals surface area contributed by atoms with Crippen LogP contribution in [0.1, 0.15) is 11.3 Å². The van der Waals surface area contributed by atoms with Gasteiger partial charge in [-0.05, 0) is 36.4 Å². The van der Waals surface area contributed by atoms with Crippen molar-refractivity contribution in [2.45, 2.75) is 6.92 Å². The number of nitro benzene ring substituents is 1.